The Labute approximate surface area is 103 Å². The molecule has 0 radical (unpaired) electrons. The number of rotatable bonds is 6. The zero-order valence-electron chi connectivity index (χ0n) is 10.2. The highest BCUT2D eigenvalue weighted by Crippen LogP contribution is 2.21. The molecule has 2 heteroatoms. The average Bonchev–Trinajstić information content (AvgIpc) is 2.88. The van der Waals surface area contributed by atoms with E-state index in [1.165, 1.54) is 25.7 Å². The highest BCUT2D eigenvalue weighted by molar-refractivity contribution is 5.55. The maximum absolute atomic E-state index is 5.75. The van der Waals surface area contributed by atoms with Crippen LogP contribution in [0.1, 0.15) is 31.2 Å². The summed E-state index contributed by atoms with van der Waals surface area (Å²) in [5.74, 6) is 0.887. The van der Waals surface area contributed by atoms with Crippen molar-refractivity contribution in [2.45, 2.75) is 31.8 Å². The van der Waals surface area contributed by atoms with Gasteiger partial charge in [-0.05, 0) is 18.9 Å². The summed E-state index contributed by atoms with van der Waals surface area (Å²) in [6.07, 6.45) is 7.32. The lowest BCUT2D eigenvalue weighted by Crippen LogP contribution is -2.14. The van der Waals surface area contributed by atoms with Crippen molar-refractivity contribution in [2.24, 2.45) is 0 Å². The molecular formula is C15H20O2. The van der Waals surface area contributed by atoms with E-state index in [1.54, 1.807) is 0 Å². The second-order valence-corrected chi connectivity index (χ2v) is 4.37. The number of para-hydroxylation sites is 1. The zero-order valence-corrected chi connectivity index (χ0v) is 10.2. The Morgan fingerprint density at radius 1 is 1.18 bits per heavy atom. The van der Waals surface area contributed by atoms with Crippen LogP contribution in [-0.2, 0) is 4.74 Å². The Morgan fingerprint density at radius 2 is 1.94 bits per heavy atom. The minimum absolute atomic E-state index is 0.466. The molecule has 0 unspecified atom stereocenters. The van der Waals surface area contributed by atoms with Gasteiger partial charge in [0.15, 0.2) is 0 Å². The van der Waals surface area contributed by atoms with Crippen LogP contribution in [0.3, 0.4) is 0 Å². The van der Waals surface area contributed by atoms with Crippen LogP contribution in [-0.4, -0.2) is 19.3 Å². The maximum Gasteiger partial charge on any atom is 0.126 e. The molecule has 17 heavy (non-hydrogen) atoms. The van der Waals surface area contributed by atoms with Gasteiger partial charge in [0.25, 0.3) is 0 Å². The fourth-order valence-electron chi connectivity index (χ4n) is 2.20. The van der Waals surface area contributed by atoms with Crippen molar-refractivity contribution in [1.29, 1.82) is 0 Å². The van der Waals surface area contributed by atoms with E-state index in [0.29, 0.717) is 19.3 Å². The molecule has 1 aliphatic carbocycles. The summed E-state index contributed by atoms with van der Waals surface area (Å²) in [5.41, 5.74) is 1.04. The minimum atomic E-state index is 0.466. The fourth-order valence-corrected chi connectivity index (χ4v) is 2.20. The van der Waals surface area contributed by atoms with Crippen molar-refractivity contribution >= 4 is 6.08 Å². The largest absolute Gasteiger partial charge is 0.491 e. The lowest BCUT2D eigenvalue weighted by Gasteiger charge is -2.12. The average molecular weight is 232 g/mol. The van der Waals surface area contributed by atoms with E-state index in [2.05, 4.69) is 6.58 Å². The van der Waals surface area contributed by atoms with E-state index in [1.807, 2.05) is 30.3 Å². The summed E-state index contributed by atoms with van der Waals surface area (Å²) in [6.45, 7) is 5.06. The third-order valence-electron chi connectivity index (χ3n) is 3.14. The van der Waals surface area contributed by atoms with E-state index in [4.69, 9.17) is 9.47 Å². The van der Waals surface area contributed by atoms with E-state index in [0.717, 1.165) is 11.3 Å². The zero-order chi connectivity index (χ0) is 11.9. The molecule has 0 atom stereocenters. The third-order valence-corrected chi connectivity index (χ3v) is 3.14. The molecule has 0 aromatic heterocycles. The first kappa shape index (κ1) is 12.2. The molecule has 1 aromatic rings. The first-order valence-electron chi connectivity index (χ1n) is 6.36. The second-order valence-electron chi connectivity index (χ2n) is 4.37. The Kier molecular flexibility index (Phi) is 4.63. The van der Waals surface area contributed by atoms with Gasteiger partial charge < -0.3 is 9.47 Å². The SMILES string of the molecule is C=Cc1ccccc1OCCOC1CCCC1. The van der Waals surface area contributed by atoms with Gasteiger partial charge in [0.2, 0.25) is 0 Å². The molecule has 0 saturated heterocycles. The van der Waals surface area contributed by atoms with Gasteiger partial charge in [0.05, 0.1) is 12.7 Å². The van der Waals surface area contributed by atoms with E-state index < -0.39 is 0 Å². The first-order valence-corrected chi connectivity index (χ1v) is 6.36. The molecule has 0 bridgehead atoms. The summed E-state index contributed by atoms with van der Waals surface area (Å²) < 4.78 is 11.4. The number of ether oxygens (including phenoxy) is 2. The van der Waals surface area contributed by atoms with Crippen LogP contribution in [0, 0.1) is 0 Å². The first-order chi connectivity index (χ1) is 8.40. The predicted octanol–water partition coefficient (Wildman–Crippen LogP) is 3.67. The van der Waals surface area contributed by atoms with Gasteiger partial charge in [-0.1, -0.05) is 43.7 Å². The summed E-state index contributed by atoms with van der Waals surface area (Å²) in [4.78, 5) is 0. The number of hydrogen-bond donors (Lipinski definition) is 0. The molecular weight excluding hydrogens is 212 g/mol. The molecule has 0 amide bonds. The van der Waals surface area contributed by atoms with Crippen molar-refractivity contribution in [3.63, 3.8) is 0 Å². The number of benzene rings is 1. The second kappa shape index (κ2) is 6.45. The van der Waals surface area contributed by atoms with Gasteiger partial charge in [0.1, 0.15) is 12.4 Å². The van der Waals surface area contributed by atoms with Gasteiger partial charge in [-0.25, -0.2) is 0 Å². The lowest BCUT2D eigenvalue weighted by molar-refractivity contribution is 0.0382. The molecule has 2 nitrogen and oxygen atoms in total. The molecule has 0 N–H and O–H groups in total. The van der Waals surface area contributed by atoms with Crippen molar-refractivity contribution in [3.8, 4) is 5.75 Å². The Balaban J connectivity index is 1.72. The van der Waals surface area contributed by atoms with Crippen LogP contribution in [0.5, 0.6) is 5.75 Å². The minimum Gasteiger partial charge on any atom is -0.491 e. The van der Waals surface area contributed by atoms with Crippen molar-refractivity contribution in [2.75, 3.05) is 13.2 Å². The van der Waals surface area contributed by atoms with Crippen LogP contribution in [0.4, 0.5) is 0 Å². The van der Waals surface area contributed by atoms with Crippen molar-refractivity contribution < 1.29 is 9.47 Å². The van der Waals surface area contributed by atoms with Crippen LogP contribution in [0.2, 0.25) is 0 Å². The molecule has 2 rings (SSSR count). The highest BCUT2D eigenvalue weighted by Gasteiger charge is 2.14. The molecule has 1 saturated carbocycles. The van der Waals surface area contributed by atoms with Gasteiger partial charge in [0, 0.05) is 5.56 Å². The van der Waals surface area contributed by atoms with Crippen LogP contribution in [0.15, 0.2) is 30.8 Å². The van der Waals surface area contributed by atoms with Gasteiger partial charge in [-0.3, -0.25) is 0 Å². The highest BCUT2D eigenvalue weighted by atomic mass is 16.5. The van der Waals surface area contributed by atoms with E-state index >= 15 is 0 Å². The molecule has 0 heterocycles. The van der Waals surface area contributed by atoms with Gasteiger partial charge in [-0.15, -0.1) is 0 Å². The summed E-state index contributed by atoms with van der Waals surface area (Å²) in [5, 5.41) is 0. The Morgan fingerprint density at radius 3 is 2.71 bits per heavy atom. The standard InChI is InChI=1S/C15H20O2/c1-2-13-7-3-6-10-15(13)17-12-11-16-14-8-4-5-9-14/h2-3,6-7,10,14H,1,4-5,8-9,11-12H2. The monoisotopic (exact) mass is 232 g/mol. The molecule has 1 aliphatic rings. The summed E-state index contributed by atoms with van der Waals surface area (Å²) >= 11 is 0. The maximum atomic E-state index is 5.75. The summed E-state index contributed by atoms with van der Waals surface area (Å²) in [6, 6.07) is 7.92. The van der Waals surface area contributed by atoms with Gasteiger partial charge >= 0.3 is 0 Å². The predicted molar refractivity (Wildman–Crippen MR) is 70.2 cm³/mol. The quantitative estimate of drug-likeness (QED) is 0.697. The molecule has 0 spiro atoms. The van der Waals surface area contributed by atoms with Crippen LogP contribution >= 0.6 is 0 Å². The molecule has 0 aliphatic heterocycles. The van der Waals surface area contributed by atoms with Gasteiger partial charge in [-0.2, -0.15) is 0 Å². The molecule has 1 aromatic carbocycles. The molecule has 92 valence electrons. The smallest absolute Gasteiger partial charge is 0.126 e. The Bertz CT molecular complexity index is 354. The lowest BCUT2D eigenvalue weighted by atomic mass is 10.2. The van der Waals surface area contributed by atoms with Crippen molar-refractivity contribution in [1.82, 2.24) is 0 Å². The fraction of sp³-hybridized carbons (Fsp3) is 0.467. The molecule has 1 fully saturated rings. The topological polar surface area (TPSA) is 18.5 Å². The number of hydrogen-bond acceptors (Lipinski definition) is 2. The third kappa shape index (κ3) is 3.60. The van der Waals surface area contributed by atoms with Crippen LogP contribution < -0.4 is 4.74 Å². The normalized spacial score (nSPS) is 16.0. The van der Waals surface area contributed by atoms with Crippen LogP contribution in [0.25, 0.3) is 6.08 Å². The van der Waals surface area contributed by atoms with E-state index in [9.17, 15) is 0 Å². The van der Waals surface area contributed by atoms with Crippen molar-refractivity contribution in [3.05, 3.63) is 36.4 Å². The summed E-state index contributed by atoms with van der Waals surface area (Å²) in [7, 11) is 0. The Hall–Kier alpha value is -1.28. The van der Waals surface area contributed by atoms with E-state index in [-0.39, 0.29) is 0 Å².